The lowest BCUT2D eigenvalue weighted by Gasteiger charge is -2.24. The molecule has 0 saturated carbocycles. The lowest BCUT2D eigenvalue weighted by Crippen LogP contribution is -2.32. The zero-order chi connectivity index (χ0) is 20.0. The van der Waals surface area contributed by atoms with Crippen LogP contribution in [0.5, 0.6) is 11.5 Å². The maximum absolute atomic E-state index is 12.8. The highest BCUT2D eigenvalue weighted by Crippen LogP contribution is 2.44. The third-order valence-electron chi connectivity index (χ3n) is 5.52. The number of likely N-dealkylation sites (tertiary alicyclic amines) is 1. The molecule has 1 aromatic heterocycles. The fourth-order valence-electron chi connectivity index (χ4n) is 4.09. The van der Waals surface area contributed by atoms with Gasteiger partial charge in [0, 0.05) is 35.2 Å². The minimum absolute atomic E-state index is 0.00912. The predicted octanol–water partition coefficient (Wildman–Crippen LogP) is 3.30. The van der Waals surface area contributed by atoms with Gasteiger partial charge in [-0.05, 0) is 32.1 Å². The van der Waals surface area contributed by atoms with E-state index >= 15 is 0 Å². The van der Waals surface area contributed by atoms with Crippen LogP contribution in [-0.4, -0.2) is 46.5 Å². The second-order valence-corrected chi connectivity index (χ2v) is 7.52. The number of rotatable bonds is 3. The third kappa shape index (κ3) is 2.94. The van der Waals surface area contributed by atoms with Gasteiger partial charge in [-0.25, -0.2) is 0 Å². The maximum atomic E-state index is 12.8. The number of aliphatic hydroxyl groups excluding tert-OH is 1. The molecule has 1 fully saturated rings. The van der Waals surface area contributed by atoms with E-state index in [4.69, 9.17) is 16.0 Å². The average Bonchev–Trinajstić information content (AvgIpc) is 3.01. The zero-order valence-corrected chi connectivity index (χ0v) is 16.0. The summed E-state index contributed by atoms with van der Waals surface area (Å²) in [6, 6.07) is 9.19. The summed E-state index contributed by atoms with van der Waals surface area (Å²) >= 11 is 6.26. The number of fused-ring (bicyclic) bond motifs is 1. The van der Waals surface area contributed by atoms with E-state index in [9.17, 15) is 20.1 Å². The molecule has 6 nitrogen and oxygen atoms in total. The Morgan fingerprint density at radius 3 is 2.68 bits per heavy atom. The SMILES string of the molecule is CN1CC[C@@H](c2c(O)cc(O)c3c(=O)cc(-c4ccccc4Cl)oc23)[C@@H]1CO. The van der Waals surface area contributed by atoms with Gasteiger partial charge in [-0.3, -0.25) is 4.79 Å². The molecule has 3 N–H and O–H groups in total. The van der Waals surface area contributed by atoms with Gasteiger partial charge in [0.2, 0.25) is 0 Å². The van der Waals surface area contributed by atoms with Crippen LogP contribution < -0.4 is 5.43 Å². The van der Waals surface area contributed by atoms with Crippen LogP contribution in [0.2, 0.25) is 5.02 Å². The Morgan fingerprint density at radius 1 is 1.21 bits per heavy atom. The molecular formula is C21H20ClNO5. The highest BCUT2D eigenvalue weighted by atomic mass is 35.5. The van der Waals surface area contributed by atoms with Crippen molar-refractivity contribution >= 4 is 22.6 Å². The lowest BCUT2D eigenvalue weighted by atomic mass is 9.89. The molecule has 0 amide bonds. The first kappa shape index (κ1) is 18.8. The number of halogens is 1. The summed E-state index contributed by atoms with van der Waals surface area (Å²) in [5.41, 5.74) is 0.655. The minimum atomic E-state index is -0.429. The number of aliphatic hydroxyl groups is 1. The van der Waals surface area contributed by atoms with E-state index in [-0.39, 0.29) is 46.8 Å². The molecule has 28 heavy (non-hydrogen) atoms. The van der Waals surface area contributed by atoms with E-state index in [1.54, 1.807) is 24.3 Å². The van der Waals surface area contributed by atoms with Crippen molar-refractivity contribution in [2.75, 3.05) is 20.2 Å². The monoisotopic (exact) mass is 401 g/mol. The lowest BCUT2D eigenvalue weighted by molar-refractivity contribution is 0.172. The molecule has 0 radical (unpaired) electrons. The van der Waals surface area contributed by atoms with Crippen molar-refractivity contribution < 1.29 is 19.7 Å². The number of nitrogens with zero attached hydrogens (tertiary/aromatic N) is 1. The van der Waals surface area contributed by atoms with Crippen molar-refractivity contribution in [2.45, 2.75) is 18.4 Å². The molecule has 3 aromatic rings. The van der Waals surface area contributed by atoms with Crippen LogP contribution in [0.15, 0.2) is 45.6 Å². The Kier molecular flexibility index (Phi) is 4.79. The zero-order valence-electron chi connectivity index (χ0n) is 15.2. The van der Waals surface area contributed by atoms with Gasteiger partial charge in [0.1, 0.15) is 28.2 Å². The van der Waals surface area contributed by atoms with E-state index in [1.165, 1.54) is 6.07 Å². The largest absolute Gasteiger partial charge is 0.507 e. The van der Waals surface area contributed by atoms with Crippen LogP contribution in [0.3, 0.4) is 0 Å². The second kappa shape index (κ2) is 7.13. The van der Waals surface area contributed by atoms with Crippen LogP contribution >= 0.6 is 11.6 Å². The number of likely N-dealkylation sites (N-methyl/N-ethyl adjacent to an activating group) is 1. The molecule has 7 heteroatoms. The molecule has 146 valence electrons. The van der Waals surface area contributed by atoms with Crippen LogP contribution in [0.25, 0.3) is 22.3 Å². The number of hydrogen-bond donors (Lipinski definition) is 3. The summed E-state index contributed by atoms with van der Waals surface area (Å²) in [4.78, 5) is 14.8. The molecule has 4 rings (SSSR count). The van der Waals surface area contributed by atoms with Crippen molar-refractivity contribution in [2.24, 2.45) is 0 Å². The predicted molar refractivity (Wildman–Crippen MR) is 107 cm³/mol. The van der Waals surface area contributed by atoms with Gasteiger partial charge < -0.3 is 24.6 Å². The Hall–Kier alpha value is -2.54. The van der Waals surface area contributed by atoms with Gasteiger partial charge in [0.05, 0.1) is 11.6 Å². The van der Waals surface area contributed by atoms with Crippen molar-refractivity contribution in [3.05, 3.63) is 57.2 Å². The van der Waals surface area contributed by atoms with Gasteiger partial charge in [0.25, 0.3) is 0 Å². The smallest absolute Gasteiger partial charge is 0.197 e. The highest BCUT2D eigenvalue weighted by molar-refractivity contribution is 6.33. The molecule has 2 atom stereocenters. The normalized spacial score (nSPS) is 20.1. The van der Waals surface area contributed by atoms with Crippen LogP contribution in [0.4, 0.5) is 0 Å². The number of benzene rings is 2. The molecule has 1 aliphatic heterocycles. The third-order valence-corrected chi connectivity index (χ3v) is 5.85. The fourth-order valence-corrected chi connectivity index (χ4v) is 4.31. The van der Waals surface area contributed by atoms with Crippen molar-refractivity contribution in [3.8, 4) is 22.8 Å². The van der Waals surface area contributed by atoms with Gasteiger partial charge in [-0.1, -0.05) is 23.7 Å². The molecule has 0 bridgehead atoms. The Bertz CT molecular complexity index is 1110. The van der Waals surface area contributed by atoms with Gasteiger partial charge in [0.15, 0.2) is 5.43 Å². The van der Waals surface area contributed by atoms with Gasteiger partial charge in [-0.15, -0.1) is 0 Å². The maximum Gasteiger partial charge on any atom is 0.197 e. The molecule has 0 aliphatic carbocycles. The van der Waals surface area contributed by atoms with Crippen LogP contribution in [-0.2, 0) is 0 Å². The molecule has 1 saturated heterocycles. The first-order valence-corrected chi connectivity index (χ1v) is 9.38. The number of phenols is 2. The summed E-state index contributed by atoms with van der Waals surface area (Å²) in [5.74, 6) is -0.505. The minimum Gasteiger partial charge on any atom is -0.507 e. The average molecular weight is 402 g/mol. The quantitative estimate of drug-likeness (QED) is 0.623. The summed E-state index contributed by atoms with van der Waals surface area (Å²) in [6.07, 6.45) is 0.676. The molecule has 0 unspecified atom stereocenters. The number of aromatic hydroxyl groups is 2. The Morgan fingerprint density at radius 2 is 1.96 bits per heavy atom. The van der Waals surface area contributed by atoms with E-state index in [0.29, 0.717) is 22.6 Å². The fraction of sp³-hybridized carbons (Fsp3) is 0.286. The molecule has 2 heterocycles. The number of phenolic OH excluding ortho intramolecular Hbond substituents is 2. The van der Waals surface area contributed by atoms with E-state index in [1.807, 2.05) is 11.9 Å². The van der Waals surface area contributed by atoms with E-state index < -0.39 is 5.43 Å². The van der Waals surface area contributed by atoms with Crippen LogP contribution in [0.1, 0.15) is 17.9 Å². The highest BCUT2D eigenvalue weighted by Gasteiger charge is 2.36. The first-order valence-electron chi connectivity index (χ1n) is 9.01. The van der Waals surface area contributed by atoms with Crippen molar-refractivity contribution in [1.82, 2.24) is 4.90 Å². The van der Waals surface area contributed by atoms with Gasteiger partial charge in [-0.2, -0.15) is 0 Å². The van der Waals surface area contributed by atoms with E-state index in [0.717, 1.165) is 12.6 Å². The molecular weight excluding hydrogens is 382 g/mol. The first-order chi connectivity index (χ1) is 13.4. The standard InChI is InChI=1S/C21H20ClNO5/c1-23-7-6-12(14(23)10-24)19-15(25)8-16(26)20-17(27)9-18(28-21(19)20)11-4-2-3-5-13(11)22/h2-5,8-9,12,14,24-26H,6-7,10H2,1H3/t12-,14+/m1/s1. The summed E-state index contributed by atoms with van der Waals surface area (Å²) < 4.78 is 6.04. The summed E-state index contributed by atoms with van der Waals surface area (Å²) in [5, 5.41) is 31.2. The van der Waals surface area contributed by atoms with Crippen LogP contribution in [0, 0.1) is 0 Å². The molecule has 2 aromatic carbocycles. The molecule has 0 spiro atoms. The second-order valence-electron chi connectivity index (χ2n) is 7.11. The molecule has 1 aliphatic rings. The van der Waals surface area contributed by atoms with Crippen molar-refractivity contribution in [1.29, 1.82) is 0 Å². The van der Waals surface area contributed by atoms with Crippen molar-refractivity contribution in [3.63, 3.8) is 0 Å². The Labute approximate surface area is 166 Å². The topological polar surface area (TPSA) is 94.1 Å². The van der Waals surface area contributed by atoms with E-state index in [2.05, 4.69) is 0 Å². The van der Waals surface area contributed by atoms with Gasteiger partial charge >= 0.3 is 0 Å². The Balaban J connectivity index is 2.03. The number of hydrogen-bond acceptors (Lipinski definition) is 6. The summed E-state index contributed by atoms with van der Waals surface area (Å²) in [6.45, 7) is 0.629. The summed E-state index contributed by atoms with van der Waals surface area (Å²) in [7, 11) is 1.89.